The first kappa shape index (κ1) is 18.5. The fourth-order valence-electron chi connectivity index (χ4n) is 2.48. The van der Waals surface area contributed by atoms with Crippen LogP contribution < -0.4 is 5.32 Å². The van der Waals surface area contributed by atoms with E-state index in [1.54, 1.807) is 12.4 Å². The number of rotatable bonds is 4. The van der Waals surface area contributed by atoms with Crippen molar-refractivity contribution in [3.63, 3.8) is 0 Å². The molecule has 0 bridgehead atoms. The Balaban J connectivity index is 2.32. The molecule has 1 amide bonds. The number of carbonyl (C=O) groups excluding carboxylic acids is 1. The van der Waals surface area contributed by atoms with Crippen molar-refractivity contribution in [2.45, 2.75) is 33.0 Å². The summed E-state index contributed by atoms with van der Waals surface area (Å²) in [5.41, 5.74) is -0.723. The maximum absolute atomic E-state index is 13.0. The van der Waals surface area contributed by atoms with E-state index in [4.69, 9.17) is 5.26 Å². The van der Waals surface area contributed by atoms with Gasteiger partial charge in [-0.15, -0.1) is 0 Å². The van der Waals surface area contributed by atoms with Gasteiger partial charge < -0.3 is 5.32 Å². The number of halogens is 3. The maximum Gasteiger partial charge on any atom is 0.417 e. The number of nitrogens with zero attached hydrogens (tertiary/aromatic N) is 3. The number of aromatic nitrogens is 2. The lowest BCUT2D eigenvalue weighted by Crippen LogP contribution is -2.30. The van der Waals surface area contributed by atoms with Crippen LogP contribution in [0.1, 0.15) is 36.6 Å². The van der Waals surface area contributed by atoms with Crippen LogP contribution in [0.25, 0.3) is 0 Å². The Bertz CT molecular complexity index is 818. The Hall–Kier alpha value is -2.82. The van der Waals surface area contributed by atoms with E-state index in [0.29, 0.717) is 0 Å². The number of hydrogen-bond donors (Lipinski definition) is 1. The van der Waals surface area contributed by atoms with Gasteiger partial charge >= 0.3 is 6.18 Å². The van der Waals surface area contributed by atoms with Gasteiger partial charge in [-0.1, -0.05) is 13.8 Å². The normalized spacial score (nSPS) is 12.7. The van der Waals surface area contributed by atoms with Gasteiger partial charge in [-0.3, -0.25) is 9.48 Å². The van der Waals surface area contributed by atoms with E-state index in [0.717, 1.165) is 17.7 Å². The number of carbonyl (C=O) groups is 1. The SMILES string of the molecule is Cc1cnn(C(C(=O)Nc2ccc(C#N)c(C(F)(F)F)c2)C(C)C)c1. The molecule has 1 atom stereocenters. The van der Waals surface area contributed by atoms with Gasteiger partial charge in [0.05, 0.1) is 23.4 Å². The van der Waals surface area contributed by atoms with Crippen molar-refractivity contribution in [1.82, 2.24) is 9.78 Å². The van der Waals surface area contributed by atoms with E-state index in [9.17, 15) is 18.0 Å². The number of amides is 1. The Kier molecular flexibility index (Phi) is 5.16. The first-order valence-electron chi connectivity index (χ1n) is 7.56. The Morgan fingerprint density at radius 2 is 2.04 bits per heavy atom. The first-order valence-corrected chi connectivity index (χ1v) is 7.56. The highest BCUT2D eigenvalue weighted by Crippen LogP contribution is 2.33. The fourth-order valence-corrected chi connectivity index (χ4v) is 2.48. The molecule has 0 spiro atoms. The zero-order chi connectivity index (χ0) is 18.8. The van der Waals surface area contributed by atoms with Crippen LogP contribution in [-0.2, 0) is 11.0 Å². The summed E-state index contributed by atoms with van der Waals surface area (Å²) in [6.45, 7) is 5.47. The lowest BCUT2D eigenvalue weighted by atomic mass is 10.0. The molecule has 0 saturated heterocycles. The van der Waals surface area contributed by atoms with E-state index in [1.807, 2.05) is 20.8 Å². The van der Waals surface area contributed by atoms with Crippen molar-refractivity contribution in [2.75, 3.05) is 5.32 Å². The van der Waals surface area contributed by atoms with E-state index >= 15 is 0 Å². The van der Waals surface area contributed by atoms with Gasteiger partial charge in [-0.2, -0.15) is 23.5 Å². The second kappa shape index (κ2) is 6.97. The molecule has 0 fully saturated rings. The Morgan fingerprint density at radius 1 is 1.36 bits per heavy atom. The van der Waals surface area contributed by atoms with Gasteiger partial charge in [0.25, 0.3) is 0 Å². The molecule has 132 valence electrons. The molecule has 25 heavy (non-hydrogen) atoms. The summed E-state index contributed by atoms with van der Waals surface area (Å²) < 4.78 is 40.6. The topological polar surface area (TPSA) is 70.7 Å². The molecule has 1 heterocycles. The summed E-state index contributed by atoms with van der Waals surface area (Å²) in [6.07, 6.45) is -1.38. The predicted molar refractivity (Wildman–Crippen MR) is 85.6 cm³/mol. The van der Waals surface area contributed by atoms with Gasteiger partial charge in [-0.05, 0) is 36.6 Å². The van der Waals surface area contributed by atoms with Crippen molar-refractivity contribution < 1.29 is 18.0 Å². The van der Waals surface area contributed by atoms with Crippen LogP contribution in [0.15, 0.2) is 30.6 Å². The summed E-state index contributed by atoms with van der Waals surface area (Å²) in [7, 11) is 0. The van der Waals surface area contributed by atoms with Crippen LogP contribution in [0.2, 0.25) is 0 Å². The molecule has 1 aromatic carbocycles. The van der Waals surface area contributed by atoms with Crippen molar-refractivity contribution in [3.05, 3.63) is 47.3 Å². The van der Waals surface area contributed by atoms with Crippen molar-refractivity contribution >= 4 is 11.6 Å². The Labute approximate surface area is 143 Å². The van der Waals surface area contributed by atoms with Gasteiger partial charge in [0.2, 0.25) is 5.91 Å². The third-order valence-electron chi connectivity index (χ3n) is 3.63. The smallest absolute Gasteiger partial charge is 0.324 e. The molecule has 0 aliphatic rings. The maximum atomic E-state index is 13.0. The standard InChI is InChI=1S/C17H17F3N4O/c1-10(2)15(24-9-11(3)8-22-24)16(25)23-13-5-4-12(7-21)14(6-13)17(18,19)20/h4-6,8-10,15H,1-3H3,(H,23,25). The quantitative estimate of drug-likeness (QED) is 0.908. The van der Waals surface area contributed by atoms with Crippen molar-refractivity contribution in [2.24, 2.45) is 5.92 Å². The third kappa shape index (κ3) is 4.18. The van der Waals surface area contributed by atoms with Crippen LogP contribution in [0.3, 0.4) is 0 Å². The number of benzene rings is 1. The molecule has 2 aromatic rings. The summed E-state index contributed by atoms with van der Waals surface area (Å²) in [5.74, 6) is -0.601. The summed E-state index contributed by atoms with van der Waals surface area (Å²) in [5, 5.41) is 15.4. The summed E-state index contributed by atoms with van der Waals surface area (Å²) in [4.78, 5) is 12.6. The minimum atomic E-state index is -4.68. The molecule has 2 rings (SSSR count). The van der Waals surface area contributed by atoms with E-state index in [2.05, 4.69) is 10.4 Å². The largest absolute Gasteiger partial charge is 0.417 e. The highest BCUT2D eigenvalue weighted by molar-refractivity contribution is 5.94. The minimum absolute atomic E-state index is 0.0224. The average molecular weight is 350 g/mol. The first-order chi connectivity index (χ1) is 11.6. The molecule has 0 saturated carbocycles. The second-order valence-corrected chi connectivity index (χ2v) is 6.05. The minimum Gasteiger partial charge on any atom is -0.324 e. The fraction of sp³-hybridized carbons (Fsp3) is 0.353. The molecule has 1 aromatic heterocycles. The molecule has 5 nitrogen and oxygen atoms in total. The highest BCUT2D eigenvalue weighted by Gasteiger charge is 2.34. The average Bonchev–Trinajstić information content (AvgIpc) is 2.92. The number of anilines is 1. The van der Waals surface area contributed by atoms with Crippen LogP contribution >= 0.6 is 0 Å². The van der Waals surface area contributed by atoms with E-state index in [-0.39, 0.29) is 11.6 Å². The van der Waals surface area contributed by atoms with Gasteiger partial charge in [0, 0.05) is 11.9 Å². The van der Waals surface area contributed by atoms with E-state index in [1.165, 1.54) is 16.8 Å². The molecule has 0 aliphatic heterocycles. The number of nitriles is 1. The van der Waals surface area contributed by atoms with Gasteiger partial charge in [-0.25, -0.2) is 0 Å². The van der Waals surface area contributed by atoms with Crippen molar-refractivity contribution in [1.29, 1.82) is 5.26 Å². The summed E-state index contributed by atoms with van der Waals surface area (Å²) in [6, 6.07) is 3.92. The Morgan fingerprint density at radius 3 is 2.52 bits per heavy atom. The second-order valence-electron chi connectivity index (χ2n) is 6.05. The van der Waals surface area contributed by atoms with Crippen molar-refractivity contribution in [3.8, 4) is 6.07 Å². The number of hydrogen-bond acceptors (Lipinski definition) is 3. The molecule has 8 heteroatoms. The molecule has 1 N–H and O–H groups in total. The van der Waals surface area contributed by atoms with Gasteiger partial charge in [0.1, 0.15) is 6.04 Å². The zero-order valence-electron chi connectivity index (χ0n) is 13.9. The van der Waals surface area contributed by atoms with Crippen LogP contribution in [0.4, 0.5) is 18.9 Å². The van der Waals surface area contributed by atoms with E-state index < -0.39 is 29.3 Å². The van der Waals surface area contributed by atoms with Crippen LogP contribution in [0.5, 0.6) is 0 Å². The van der Waals surface area contributed by atoms with Crippen LogP contribution in [-0.4, -0.2) is 15.7 Å². The zero-order valence-corrected chi connectivity index (χ0v) is 13.9. The van der Waals surface area contributed by atoms with Crippen LogP contribution in [0, 0.1) is 24.2 Å². The predicted octanol–water partition coefficient (Wildman–Crippen LogP) is 3.92. The van der Waals surface area contributed by atoms with Gasteiger partial charge in [0.15, 0.2) is 0 Å². The number of nitrogens with one attached hydrogen (secondary N) is 1. The molecular formula is C17H17F3N4O. The lowest BCUT2D eigenvalue weighted by molar-refractivity contribution is -0.137. The molecule has 0 aliphatic carbocycles. The lowest BCUT2D eigenvalue weighted by Gasteiger charge is -2.21. The monoisotopic (exact) mass is 350 g/mol. The highest BCUT2D eigenvalue weighted by atomic mass is 19.4. The third-order valence-corrected chi connectivity index (χ3v) is 3.63. The molecule has 1 unspecified atom stereocenters. The number of alkyl halides is 3. The summed E-state index contributed by atoms with van der Waals surface area (Å²) >= 11 is 0. The molecule has 0 radical (unpaired) electrons. The number of aryl methyl sites for hydroxylation is 1. The molecular weight excluding hydrogens is 333 g/mol.